The van der Waals surface area contributed by atoms with E-state index in [4.69, 9.17) is 17.2 Å². The number of aryl methyl sites for hydroxylation is 2. The minimum absolute atomic E-state index is 0.0967. The number of hydrogen-bond acceptors (Lipinski definition) is 0. The van der Waals surface area contributed by atoms with Crippen molar-refractivity contribution >= 4 is 35.3 Å². The van der Waals surface area contributed by atoms with Gasteiger partial charge in [-0.05, 0) is 0 Å². The summed E-state index contributed by atoms with van der Waals surface area (Å²) in [7, 11) is 17.6. The zero-order chi connectivity index (χ0) is 34.4. The molecule has 251 valence electrons. The molecule has 6 rings (SSSR count). The number of rotatable bonds is 11. The van der Waals surface area contributed by atoms with Crippen LogP contribution in [0.4, 0.5) is 0 Å². The molecular weight excluding hydrogens is 806 g/mol. The van der Waals surface area contributed by atoms with Gasteiger partial charge in [0.1, 0.15) is 0 Å². The van der Waals surface area contributed by atoms with Crippen LogP contribution < -0.4 is 0 Å². The number of halogens is 2. The van der Waals surface area contributed by atoms with E-state index in [-0.39, 0.29) is 7.35 Å². The Morgan fingerprint density at radius 1 is 0.562 bits per heavy atom. The Kier molecular flexibility index (Phi) is 10.4. The van der Waals surface area contributed by atoms with Crippen LogP contribution >= 0.6 is 17.2 Å². The Balaban J connectivity index is 1.61. The first-order chi connectivity index (χ1) is 22.9. The average molecular weight is 859 g/mol. The molecular formula is C44H53Cl2HfSi. The normalized spacial score (nSPS) is 18.1. The van der Waals surface area contributed by atoms with Crippen molar-refractivity contribution in [2.24, 2.45) is 11.8 Å². The van der Waals surface area contributed by atoms with Gasteiger partial charge in [-0.1, -0.05) is 0 Å². The summed E-state index contributed by atoms with van der Waals surface area (Å²) in [5.41, 5.74) is 16.6. The summed E-state index contributed by atoms with van der Waals surface area (Å²) in [6.07, 6.45) is 9.44. The molecule has 0 heterocycles. The van der Waals surface area contributed by atoms with E-state index in [1.807, 2.05) is 0 Å². The molecule has 2 atom stereocenters. The average Bonchev–Trinajstić information content (AvgIpc) is 3.67. The monoisotopic (exact) mass is 859 g/mol. The van der Waals surface area contributed by atoms with Crippen molar-refractivity contribution in [3.05, 3.63) is 129 Å². The SMILES string of the molecule is CCCc1ccccc1-c1cccc2c1C=C(C(C)C)[CH]2[Hf]([Cl])([Cl])([CH]1C(C(C)C)=Cc2c(-c3ccccc3CCC)cccc21)[SiH](C)C. The third-order valence-corrected chi connectivity index (χ3v) is 84.0. The Morgan fingerprint density at radius 2 is 0.938 bits per heavy atom. The van der Waals surface area contributed by atoms with E-state index in [1.165, 1.54) is 66.8 Å². The summed E-state index contributed by atoms with van der Waals surface area (Å²) in [6.45, 7) is 18.9. The van der Waals surface area contributed by atoms with Gasteiger partial charge in [0.25, 0.3) is 0 Å². The summed E-state index contributed by atoms with van der Waals surface area (Å²) < 4.78 is 0.193. The molecule has 2 aliphatic rings. The fraction of sp³-hybridized carbons (Fsp3) is 0.364. The van der Waals surface area contributed by atoms with Crippen molar-refractivity contribution in [3.8, 4) is 22.3 Å². The van der Waals surface area contributed by atoms with Crippen molar-refractivity contribution in [3.63, 3.8) is 0 Å². The second kappa shape index (κ2) is 14.0. The van der Waals surface area contributed by atoms with Gasteiger partial charge in [0, 0.05) is 0 Å². The summed E-state index contributed by atoms with van der Waals surface area (Å²) in [6, 6.07) is 31.9. The van der Waals surface area contributed by atoms with Crippen LogP contribution in [0.5, 0.6) is 0 Å². The molecule has 4 heteroatoms. The van der Waals surface area contributed by atoms with Gasteiger partial charge in [-0.25, -0.2) is 0 Å². The molecule has 0 radical (unpaired) electrons. The predicted octanol–water partition coefficient (Wildman–Crippen LogP) is 13.8. The maximum atomic E-state index is 8.80. The molecule has 0 N–H and O–H groups in total. The molecule has 0 spiro atoms. The zero-order valence-corrected chi connectivity index (χ0v) is 36.5. The van der Waals surface area contributed by atoms with Crippen molar-refractivity contribution in [1.29, 1.82) is 0 Å². The van der Waals surface area contributed by atoms with Crippen LogP contribution in [0, 0.1) is 11.8 Å². The topological polar surface area (TPSA) is 0 Å². The van der Waals surface area contributed by atoms with Crippen molar-refractivity contribution < 1.29 is 15.3 Å². The molecule has 0 bridgehead atoms. The van der Waals surface area contributed by atoms with Gasteiger partial charge < -0.3 is 0 Å². The van der Waals surface area contributed by atoms with E-state index in [0.717, 1.165) is 25.7 Å². The van der Waals surface area contributed by atoms with E-state index in [0.29, 0.717) is 11.8 Å². The molecule has 0 nitrogen and oxygen atoms in total. The Labute approximate surface area is 299 Å². The first kappa shape index (κ1) is 35.8. The molecule has 0 saturated heterocycles. The van der Waals surface area contributed by atoms with E-state index < -0.39 is 21.3 Å². The molecule has 0 aliphatic heterocycles. The Hall–Kier alpha value is -1.97. The Morgan fingerprint density at radius 3 is 1.29 bits per heavy atom. The van der Waals surface area contributed by atoms with Crippen molar-refractivity contribution in [2.75, 3.05) is 0 Å². The first-order valence-corrected chi connectivity index (χ1v) is 40.5. The fourth-order valence-electron chi connectivity index (χ4n) is 8.93. The summed E-state index contributed by atoms with van der Waals surface area (Å²) in [5.74, 6) is -0.954. The third-order valence-electron chi connectivity index (χ3n) is 11.4. The standard InChI is InChI=1S/2C21H23.C2H7Si.2ClH.Hf/c2*1-4-8-16-9-5-6-11-19(16)20-12-7-10-17-13-18(15(2)3)14-21(17)20;1-3-2;;;/h2*5-7,9-15H,4,8H2,1-3H3;3H,1-2H3;2*1H;/q;;;;;+2/p-2. The molecule has 2 aliphatic carbocycles. The summed E-state index contributed by atoms with van der Waals surface area (Å²) >= 11 is -5.06. The minimum atomic E-state index is -5.06. The van der Waals surface area contributed by atoms with Crippen LogP contribution in [0.1, 0.15) is 95.1 Å². The number of allylic oxidation sites excluding steroid dienone is 2. The van der Waals surface area contributed by atoms with Crippen LogP contribution in [-0.4, -0.2) is 5.98 Å². The van der Waals surface area contributed by atoms with Crippen LogP contribution in [-0.2, 0) is 28.1 Å². The molecule has 2 unspecified atom stereocenters. The van der Waals surface area contributed by atoms with Crippen LogP contribution in [0.15, 0.2) is 96.1 Å². The Bertz CT molecular complexity index is 1760. The number of fused-ring (bicyclic) bond motifs is 2. The van der Waals surface area contributed by atoms with E-state index in [2.05, 4.69) is 152 Å². The van der Waals surface area contributed by atoms with Gasteiger partial charge in [0.15, 0.2) is 0 Å². The van der Waals surface area contributed by atoms with Crippen LogP contribution in [0.25, 0.3) is 34.4 Å². The van der Waals surface area contributed by atoms with Gasteiger partial charge in [-0.2, -0.15) is 0 Å². The van der Waals surface area contributed by atoms with Gasteiger partial charge in [-0.3, -0.25) is 0 Å². The third kappa shape index (κ3) is 5.85. The quantitative estimate of drug-likeness (QED) is 0.132. The fourth-order valence-corrected chi connectivity index (χ4v) is 53.5. The molecule has 0 amide bonds. The molecule has 4 aromatic rings. The van der Waals surface area contributed by atoms with E-state index in [1.54, 1.807) is 0 Å². The van der Waals surface area contributed by atoms with E-state index >= 15 is 0 Å². The van der Waals surface area contributed by atoms with Crippen LogP contribution in [0.2, 0.25) is 13.1 Å². The zero-order valence-electron chi connectivity index (χ0n) is 30.2. The summed E-state index contributed by atoms with van der Waals surface area (Å²) in [4.78, 5) is 0. The second-order valence-electron chi connectivity index (χ2n) is 15.3. The summed E-state index contributed by atoms with van der Waals surface area (Å²) in [5, 5.41) is 0. The number of benzene rings is 4. The maximum absolute atomic E-state index is 8.80. The molecule has 0 aromatic heterocycles. The first-order valence-electron chi connectivity index (χ1n) is 18.4. The van der Waals surface area contributed by atoms with Crippen LogP contribution in [0.3, 0.4) is 0 Å². The number of hydrogen-bond donors (Lipinski definition) is 0. The molecule has 0 fully saturated rings. The second-order valence-corrected chi connectivity index (χ2v) is 74.6. The van der Waals surface area contributed by atoms with Gasteiger partial charge >= 0.3 is 302 Å². The van der Waals surface area contributed by atoms with Crippen molar-refractivity contribution in [1.82, 2.24) is 0 Å². The predicted molar refractivity (Wildman–Crippen MR) is 213 cm³/mol. The molecule has 4 aromatic carbocycles. The van der Waals surface area contributed by atoms with Gasteiger partial charge in [0.05, 0.1) is 0 Å². The molecule has 0 saturated carbocycles. The van der Waals surface area contributed by atoms with Gasteiger partial charge in [0.2, 0.25) is 0 Å². The van der Waals surface area contributed by atoms with Gasteiger partial charge in [-0.15, -0.1) is 0 Å². The van der Waals surface area contributed by atoms with Crippen molar-refractivity contribution in [2.45, 2.75) is 87.7 Å². The van der Waals surface area contributed by atoms with E-state index in [9.17, 15) is 0 Å². The molecule has 48 heavy (non-hydrogen) atoms.